The van der Waals surface area contributed by atoms with E-state index < -0.39 is 107 Å². The summed E-state index contributed by atoms with van der Waals surface area (Å²) in [5, 5.41) is 104. The number of phenols is 3. The third-order valence-corrected chi connectivity index (χ3v) is 7.66. The SMILES string of the molecule is CC1OC(c2c(O)c(C3OC(CO)C(O)C(O)C3O)c(O)c3c(=O)cc(-c4ccc(O)cc4)oc23)C(O)C(O)C1O. The van der Waals surface area contributed by atoms with Crippen LogP contribution < -0.4 is 5.43 Å². The summed E-state index contributed by atoms with van der Waals surface area (Å²) in [6.07, 6.45) is -16.9. The van der Waals surface area contributed by atoms with Gasteiger partial charge in [-0.3, -0.25) is 4.79 Å². The molecule has 2 aliphatic rings. The summed E-state index contributed by atoms with van der Waals surface area (Å²) >= 11 is 0. The highest BCUT2D eigenvalue weighted by Crippen LogP contribution is 2.50. The lowest BCUT2D eigenvalue weighted by atomic mass is 9.85. The summed E-state index contributed by atoms with van der Waals surface area (Å²) in [6.45, 7) is 0.552. The molecule has 222 valence electrons. The molecule has 1 aromatic heterocycles. The first-order valence-corrected chi connectivity index (χ1v) is 12.7. The summed E-state index contributed by atoms with van der Waals surface area (Å²) in [7, 11) is 0. The van der Waals surface area contributed by atoms with Crippen molar-refractivity contribution in [2.24, 2.45) is 0 Å². The highest BCUT2D eigenvalue weighted by atomic mass is 16.5. The first-order valence-electron chi connectivity index (χ1n) is 12.7. The average molecular weight is 579 g/mol. The molecule has 2 fully saturated rings. The molecule has 0 spiro atoms. The summed E-state index contributed by atoms with van der Waals surface area (Å²) in [5.74, 6) is -2.01. The molecule has 2 aromatic carbocycles. The molecule has 14 nitrogen and oxygen atoms in total. The standard InChI is InChI=1S/C27H30O14/c1-8-17(31)21(35)23(37)27(39-8)16-20(34)15(26-24(38)22(36)18(32)13(7-28)41-26)19(33)14-11(30)6-12(40-25(14)16)9-2-4-10(29)5-3-9/h2-6,8,13,17-18,21-24,26-29,31-38H,7H2,1H3. The van der Waals surface area contributed by atoms with Crippen molar-refractivity contribution < 1.29 is 65.0 Å². The van der Waals surface area contributed by atoms with Crippen molar-refractivity contribution in [2.75, 3.05) is 6.61 Å². The largest absolute Gasteiger partial charge is 0.508 e. The Bertz CT molecular complexity index is 1480. The number of benzene rings is 2. The molecule has 0 saturated carbocycles. The van der Waals surface area contributed by atoms with Crippen LogP contribution in [0.15, 0.2) is 39.5 Å². The zero-order valence-corrected chi connectivity index (χ0v) is 21.5. The van der Waals surface area contributed by atoms with Gasteiger partial charge in [-0.25, -0.2) is 0 Å². The number of ether oxygens (including phenoxy) is 2. The number of hydrogen-bond acceptors (Lipinski definition) is 14. The Balaban J connectivity index is 1.81. The van der Waals surface area contributed by atoms with Crippen LogP contribution in [0.5, 0.6) is 17.2 Å². The van der Waals surface area contributed by atoms with Crippen molar-refractivity contribution in [3.8, 4) is 28.6 Å². The van der Waals surface area contributed by atoms with Crippen LogP contribution in [0.25, 0.3) is 22.3 Å². The van der Waals surface area contributed by atoms with Gasteiger partial charge in [0.25, 0.3) is 0 Å². The van der Waals surface area contributed by atoms with Crippen LogP contribution in [-0.2, 0) is 9.47 Å². The minimum atomic E-state index is -1.98. The predicted molar refractivity (Wildman–Crippen MR) is 137 cm³/mol. The van der Waals surface area contributed by atoms with E-state index in [4.69, 9.17) is 13.9 Å². The number of aliphatic hydroxyl groups excluding tert-OH is 7. The maximum absolute atomic E-state index is 13.4. The zero-order chi connectivity index (χ0) is 29.9. The van der Waals surface area contributed by atoms with E-state index in [2.05, 4.69) is 0 Å². The molecule has 0 radical (unpaired) electrons. The first-order chi connectivity index (χ1) is 19.4. The van der Waals surface area contributed by atoms with Gasteiger partial charge < -0.3 is 65.0 Å². The Kier molecular flexibility index (Phi) is 7.71. The van der Waals surface area contributed by atoms with Gasteiger partial charge in [0.05, 0.1) is 23.8 Å². The molecule has 0 amide bonds. The van der Waals surface area contributed by atoms with Crippen LogP contribution in [0.1, 0.15) is 30.3 Å². The summed E-state index contributed by atoms with van der Waals surface area (Å²) in [6, 6.07) is 6.51. The summed E-state index contributed by atoms with van der Waals surface area (Å²) in [4.78, 5) is 13.4. The molecule has 41 heavy (non-hydrogen) atoms. The molecular formula is C27H30O14. The zero-order valence-electron chi connectivity index (χ0n) is 21.5. The predicted octanol–water partition coefficient (Wildman–Crippen LogP) is -1.37. The van der Waals surface area contributed by atoms with Gasteiger partial charge in [0.15, 0.2) is 11.0 Å². The molecule has 10 atom stereocenters. The van der Waals surface area contributed by atoms with Crippen LogP contribution in [0.2, 0.25) is 0 Å². The van der Waals surface area contributed by atoms with Gasteiger partial charge in [-0.2, -0.15) is 0 Å². The summed E-state index contributed by atoms with van der Waals surface area (Å²) in [5.41, 5.74) is -2.16. The van der Waals surface area contributed by atoms with Crippen LogP contribution >= 0.6 is 0 Å². The lowest BCUT2D eigenvalue weighted by Gasteiger charge is -2.42. The molecule has 0 aliphatic carbocycles. The number of aromatic hydroxyl groups is 3. The van der Waals surface area contributed by atoms with Crippen molar-refractivity contribution >= 4 is 11.0 Å². The first kappa shape index (κ1) is 29.2. The fourth-order valence-corrected chi connectivity index (χ4v) is 5.34. The maximum Gasteiger partial charge on any atom is 0.197 e. The van der Waals surface area contributed by atoms with E-state index in [1.54, 1.807) is 0 Å². The normalized spacial score (nSPS) is 34.1. The molecule has 3 heterocycles. The minimum absolute atomic E-state index is 0.0719. The monoisotopic (exact) mass is 578 g/mol. The number of fused-ring (bicyclic) bond motifs is 1. The molecule has 3 aromatic rings. The Hall–Kier alpha value is -3.31. The van der Waals surface area contributed by atoms with Gasteiger partial charge in [0, 0.05) is 11.6 Å². The molecule has 10 N–H and O–H groups in total. The minimum Gasteiger partial charge on any atom is -0.508 e. The molecule has 2 aliphatic heterocycles. The van der Waals surface area contributed by atoms with E-state index in [1.165, 1.54) is 31.2 Å². The van der Waals surface area contributed by atoms with E-state index >= 15 is 0 Å². The third kappa shape index (κ3) is 4.72. The van der Waals surface area contributed by atoms with E-state index in [0.29, 0.717) is 5.56 Å². The number of rotatable bonds is 4. The Labute approximate surface area is 231 Å². The van der Waals surface area contributed by atoms with Crippen molar-refractivity contribution in [3.05, 3.63) is 51.7 Å². The number of aliphatic hydroxyl groups is 7. The smallest absolute Gasteiger partial charge is 0.197 e. The Morgan fingerprint density at radius 2 is 1.32 bits per heavy atom. The second kappa shape index (κ2) is 10.8. The molecule has 2 saturated heterocycles. The topological polar surface area (TPSA) is 251 Å². The van der Waals surface area contributed by atoms with E-state index in [9.17, 15) is 55.9 Å². The van der Waals surface area contributed by atoms with Gasteiger partial charge in [-0.1, -0.05) is 0 Å². The maximum atomic E-state index is 13.4. The molecule has 0 bridgehead atoms. The van der Waals surface area contributed by atoms with Crippen LogP contribution in [0.3, 0.4) is 0 Å². The quantitative estimate of drug-likeness (QED) is 0.172. The Morgan fingerprint density at radius 1 is 0.732 bits per heavy atom. The highest BCUT2D eigenvalue weighted by Gasteiger charge is 2.49. The molecular weight excluding hydrogens is 548 g/mol. The lowest BCUT2D eigenvalue weighted by molar-refractivity contribution is -0.232. The second-order valence-electron chi connectivity index (χ2n) is 10.2. The molecule has 10 unspecified atom stereocenters. The van der Waals surface area contributed by atoms with Crippen molar-refractivity contribution in [2.45, 2.75) is 68.0 Å². The average Bonchev–Trinajstić information content (AvgIpc) is 2.94. The van der Waals surface area contributed by atoms with Crippen LogP contribution in [0.4, 0.5) is 0 Å². The van der Waals surface area contributed by atoms with Crippen LogP contribution in [-0.4, -0.2) is 107 Å². The van der Waals surface area contributed by atoms with Gasteiger partial charge >= 0.3 is 0 Å². The van der Waals surface area contributed by atoms with Crippen molar-refractivity contribution in [1.82, 2.24) is 0 Å². The Morgan fingerprint density at radius 3 is 1.93 bits per heavy atom. The van der Waals surface area contributed by atoms with Gasteiger partial charge in [-0.05, 0) is 31.2 Å². The van der Waals surface area contributed by atoms with Crippen LogP contribution in [0, 0.1) is 0 Å². The van der Waals surface area contributed by atoms with E-state index in [1.807, 2.05) is 0 Å². The number of hydrogen-bond donors (Lipinski definition) is 10. The second-order valence-corrected chi connectivity index (χ2v) is 10.2. The lowest BCUT2D eigenvalue weighted by Crippen LogP contribution is -2.55. The van der Waals surface area contributed by atoms with Crippen molar-refractivity contribution in [3.63, 3.8) is 0 Å². The van der Waals surface area contributed by atoms with E-state index in [-0.39, 0.29) is 11.5 Å². The highest BCUT2D eigenvalue weighted by molar-refractivity contribution is 5.92. The van der Waals surface area contributed by atoms with E-state index in [0.717, 1.165) is 6.07 Å². The van der Waals surface area contributed by atoms with Crippen molar-refractivity contribution in [1.29, 1.82) is 0 Å². The molecule has 5 rings (SSSR count). The fraction of sp³-hybridized carbons (Fsp3) is 0.444. The summed E-state index contributed by atoms with van der Waals surface area (Å²) < 4.78 is 17.2. The van der Waals surface area contributed by atoms with Gasteiger partial charge in [0.1, 0.15) is 83.3 Å². The van der Waals surface area contributed by atoms with Gasteiger partial charge in [0.2, 0.25) is 0 Å². The van der Waals surface area contributed by atoms with Gasteiger partial charge in [-0.15, -0.1) is 0 Å². The fourth-order valence-electron chi connectivity index (χ4n) is 5.34. The third-order valence-electron chi connectivity index (χ3n) is 7.66. The molecule has 14 heteroatoms. The number of phenolic OH excluding ortho intramolecular Hbond substituents is 3.